The number of nitrogens with one attached hydrogen (secondary N) is 2. The average Bonchev–Trinajstić information content (AvgIpc) is 3.67. The first kappa shape index (κ1) is 26.2. The fourth-order valence-corrected chi connectivity index (χ4v) is 6.43. The van der Waals surface area contributed by atoms with Crippen LogP contribution in [-0.2, 0) is 0 Å². The van der Waals surface area contributed by atoms with Crippen LogP contribution in [0.5, 0.6) is 0 Å². The Morgan fingerprint density at radius 1 is 1.05 bits per heavy atom. The molecule has 0 atom stereocenters. The van der Waals surface area contributed by atoms with E-state index in [0.29, 0.717) is 27.6 Å². The summed E-state index contributed by atoms with van der Waals surface area (Å²) in [5, 5.41) is 7.09. The molecule has 0 radical (unpaired) electrons. The van der Waals surface area contributed by atoms with Gasteiger partial charge in [-0.05, 0) is 74.8 Å². The van der Waals surface area contributed by atoms with Gasteiger partial charge in [0.2, 0.25) is 5.43 Å². The van der Waals surface area contributed by atoms with Gasteiger partial charge in [0.25, 0.3) is 11.8 Å². The normalized spacial score (nSPS) is 19.4. The third kappa shape index (κ3) is 5.40. The summed E-state index contributed by atoms with van der Waals surface area (Å²) in [4.78, 5) is 43.3. The number of halogens is 3. The zero-order chi connectivity index (χ0) is 27.3. The van der Waals surface area contributed by atoms with Crippen molar-refractivity contribution in [1.29, 1.82) is 0 Å². The fraction of sp³-hybridized carbons (Fsp3) is 0.357. The van der Waals surface area contributed by atoms with E-state index in [4.69, 9.17) is 23.2 Å². The fourth-order valence-electron chi connectivity index (χ4n) is 5.25. The molecule has 0 spiro atoms. The van der Waals surface area contributed by atoms with Crippen molar-refractivity contribution in [2.75, 3.05) is 6.54 Å². The van der Waals surface area contributed by atoms with E-state index in [-0.39, 0.29) is 39.9 Å². The zero-order valence-corrected chi connectivity index (χ0v) is 23.1. The number of aromatic nitrogens is 2. The molecule has 2 N–H and O–H groups in total. The largest absolute Gasteiger partial charge is 0.350 e. The quantitative estimate of drug-likeness (QED) is 0.285. The second-order valence-electron chi connectivity index (χ2n) is 10.3. The lowest BCUT2D eigenvalue weighted by molar-refractivity contribution is 0.0918. The summed E-state index contributed by atoms with van der Waals surface area (Å²) in [5.41, 5.74) is 0.770. The van der Waals surface area contributed by atoms with Crippen LogP contribution in [0.25, 0.3) is 21.1 Å². The molecule has 2 aromatic heterocycles. The summed E-state index contributed by atoms with van der Waals surface area (Å²) in [5.74, 6) is -1.05. The summed E-state index contributed by atoms with van der Waals surface area (Å²) in [7, 11) is 0. The molecule has 0 aliphatic heterocycles. The van der Waals surface area contributed by atoms with Gasteiger partial charge in [-0.3, -0.25) is 14.4 Å². The number of hydrogen-bond donors (Lipinski definition) is 2. The number of amides is 2. The number of hydrogen-bond acceptors (Lipinski definition) is 5. The molecule has 39 heavy (non-hydrogen) atoms. The van der Waals surface area contributed by atoms with Crippen LogP contribution in [0, 0.1) is 11.7 Å². The van der Waals surface area contributed by atoms with Crippen LogP contribution in [0.4, 0.5) is 4.39 Å². The van der Waals surface area contributed by atoms with Crippen molar-refractivity contribution in [2.45, 2.75) is 50.6 Å². The number of rotatable bonds is 6. The van der Waals surface area contributed by atoms with E-state index in [1.54, 1.807) is 18.3 Å². The highest BCUT2D eigenvalue weighted by molar-refractivity contribution is 7.20. The monoisotopic (exact) mass is 586 g/mol. The molecule has 2 heterocycles. The molecule has 0 saturated heterocycles. The van der Waals surface area contributed by atoms with Crippen molar-refractivity contribution < 1.29 is 14.0 Å². The number of carbonyl (C=O) groups excluding carboxylic acids is 2. The lowest BCUT2D eigenvalue weighted by Crippen LogP contribution is -2.41. The number of fused-ring (bicyclic) bond motifs is 2. The third-order valence-electron chi connectivity index (χ3n) is 7.54. The summed E-state index contributed by atoms with van der Waals surface area (Å²) in [6.45, 7) is 0.529. The van der Waals surface area contributed by atoms with E-state index in [1.165, 1.54) is 17.4 Å². The van der Waals surface area contributed by atoms with Gasteiger partial charge in [-0.15, -0.1) is 11.3 Å². The highest BCUT2D eigenvalue weighted by atomic mass is 35.5. The maximum atomic E-state index is 14.2. The van der Waals surface area contributed by atoms with Gasteiger partial charge < -0.3 is 15.2 Å². The van der Waals surface area contributed by atoms with E-state index in [9.17, 15) is 18.8 Å². The molecule has 2 saturated carbocycles. The predicted molar refractivity (Wildman–Crippen MR) is 152 cm³/mol. The van der Waals surface area contributed by atoms with Gasteiger partial charge in [-0.2, -0.15) is 0 Å². The Labute approximate surface area is 237 Å². The Hall–Kier alpha value is -3.01. The van der Waals surface area contributed by atoms with Gasteiger partial charge in [0.1, 0.15) is 11.4 Å². The SMILES string of the molecule is O=C(NCC1CCC(NC(=O)c2cn(C3CC3)c3cc(Cl)c(F)cc3c2=O)CC1)c1nc2cc(Cl)ccc2s1. The van der Waals surface area contributed by atoms with Crippen molar-refractivity contribution >= 4 is 67.5 Å². The molecule has 2 aliphatic carbocycles. The van der Waals surface area contributed by atoms with Crippen LogP contribution in [0.1, 0.15) is 64.7 Å². The summed E-state index contributed by atoms with van der Waals surface area (Å²) < 4.78 is 17.0. The second kappa shape index (κ2) is 10.5. The number of benzene rings is 2. The van der Waals surface area contributed by atoms with Gasteiger partial charge >= 0.3 is 0 Å². The second-order valence-corrected chi connectivity index (χ2v) is 12.2. The molecular weight excluding hydrogens is 562 g/mol. The Bertz CT molecular complexity index is 1680. The van der Waals surface area contributed by atoms with E-state index in [0.717, 1.165) is 49.3 Å². The van der Waals surface area contributed by atoms with Crippen LogP contribution in [0.3, 0.4) is 0 Å². The van der Waals surface area contributed by atoms with Crippen molar-refractivity contribution in [3.63, 3.8) is 0 Å². The zero-order valence-electron chi connectivity index (χ0n) is 20.8. The van der Waals surface area contributed by atoms with Crippen LogP contribution in [0.15, 0.2) is 41.3 Å². The van der Waals surface area contributed by atoms with E-state index in [1.807, 2.05) is 10.6 Å². The summed E-state index contributed by atoms with van der Waals surface area (Å²) >= 11 is 13.3. The Balaban J connectivity index is 1.07. The summed E-state index contributed by atoms with van der Waals surface area (Å²) in [6.07, 6.45) is 6.58. The molecule has 2 aromatic carbocycles. The van der Waals surface area contributed by atoms with Gasteiger partial charge in [0, 0.05) is 35.2 Å². The minimum Gasteiger partial charge on any atom is -0.350 e. The van der Waals surface area contributed by atoms with Crippen LogP contribution >= 0.6 is 34.5 Å². The molecule has 2 amide bonds. The molecule has 4 aromatic rings. The maximum absolute atomic E-state index is 14.2. The molecule has 11 heteroatoms. The van der Waals surface area contributed by atoms with E-state index < -0.39 is 17.2 Å². The van der Waals surface area contributed by atoms with Gasteiger partial charge in [-0.1, -0.05) is 23.2 Å². The number of carbonyl (C=O) groups is 2. The molecule has 0 unspecified atom stereocenters. The van der Waals surface area contributed by atoms with Gasteiger partial charge in [0.15, 0.2) is 5.01 Å². The summed E-state index contributed by atoms with van der Waals surface area (Å²) in [6, 6.07) is 8.05. The van der Waals surface area contributed by atoms with Crippen molar-refractivity contribution in [3.8, 4) is 0 Å². The van der Waals surface area contributed by atoms with Crippen LogP contribution in [-0.4, -0.2) is 34.0 Å². The molecule has 7 nitrogen and oxygen atoms in total. The average molecular weight is 588 g/mol. The lowest BCUT2D eigenvalue weighted by Gasteiger charge is -2.29. The first-order valence-electron chi connectivity index (χ1n) is 13.0. The number of nitrogens with zero attached hydrogens (tertiary/aromatic N) is 2. The molecule has 2 fully saturated rings. The van der Waals surface area contributed by atoms with Crippen molar-refractivity contribution in [1.82, 2.24) is 20.2 Å². The van der Waals surface area contributed by atoms with E-state index in [2.05, 4.69) is 15.6 Å². The van der Waals surface area contributed by atoms with Crippen LogP contribution in [0.2, 0.25) is 10.0 Å². The molecule has 202 valence electrons. The first-order chi connectivity index (χ1) is 18.8. The molecule has 6 rings (SSSR count). The highest BCUT2D eigenvalue weighted by Crippen LogP contribution is 2.37. The number of thiazole rings is 1. The van der Waals surface area contributed by atoms with E-state index >= 15 is 0 Å². The van der Waals surface area contributed by atoms with Crippen LogP contribution < -0.4 is 16.1 Å². The topological polar surface area (TPSA) is 93.1 Å². The smallest absolute Gasteiger partial charge is 0.280 e. The minimum absolute atomic E-state index is 0.0163. The minimum atomic E-state index is -0.681. The molecule has 2 aliphatic rings. The Kier molecular flexibility index (Phi) is 7.07. The lowest BCUT2D eigenvalue weighted by atomic mass is 9.86. The third-order valence-corrected chi connectivity index (χ3v) is 9.10. The van der Waals surface area contributed by atoms with Crippen molar-refractivity contribution in [2.24, 2.45) is 5.92 Å². The van der Waals surface area contributed by atoms with Gasteiger partial charge in [0.05, 0.1) is 20.8 Å². The standard InChI is InChI=1S/C28H25Cl2FN4O3S/c29-15-3-8-24-22(9-15)34-28(39-24)27(38)32-12-14-1-4-16(5-2-14)33-26(37)19-13-35(17-6-7-17)23-11-20(30)21(31)10-18(23)25(19)36/h3,8-11,13-14,16-17H,1-2,4-7,12H2,(H,32,38)(H,33,37). The van der Waals surface area contributed by atoms with Crippen molar-refractivity contribution in [3.05, 3.63) is 73.2 Å². The Morgan fingerprint density at radius 2 is 1.82 bits per heavy atom. The molecule has 0 bridgehead atoms. The highest BCUT2D eigenvalue weighted by Gasteiger charge is 2.29. The number of pyridine rings is 1. The van der Waals surface area contributed by atoms with Gasteiger partial charge in [-0.25, -0.2) is 9.37 Å². The predicted octanol–water partition coefficient (Wildman–Crippen LogP) is 6.11. The first-order valence-corrected chi connectivity index (χ1v) is 14.5. The maximum Gasteiger partial charge on any atom is 0.280 e. The Morgan fingerprint density at radius 3 is 2.56 bits per heavy atom. The molecular formula is C28H25Cl2FN4O3S.